The molecule has 0 fully saturated rings. The minimum atomic E-state index is -0.264. The number of amides is 1. The molecule has 2 aromatic rings. The standard InChI is InChI=1S/C29H38N2O/c1-10-13-27(32)31(29-25(21(6)7)16-12-17-26(29)22(8)9)18-30-28-23(19(2)3)14-11-15-24(28)20(4)5/h11-12,14-22H,1-9H3. The highest BCUT2D eigenvalue weighted by Crippen LogP contribution is 2.37. The van der Waals surface area contributed by atoms with Crippen molar-refractivity contribution in [3.8, 4) is 11.8 Å². The van der Waals surface area contributed by atoms with Gasteiger partial charge in [-0.1, -0.05) is 97.7 Å². The number of para-hydroxylation sites is 2. The van der Waals surface area contributed by atoms with E-state index in [4.69, 9.17) is 4.99 Å². The Labute approximate surface area is 195 Å². The molecule has 3 heteroatoms. The molecule has 0 aromatic heterocycles. The van der Waals surface area contributed by atoms with Gasteiger partial charge in [0, 0.05) is 0 Å². The van der Waals surface area contributed by atoms with E-state index < -0.39 is 0 Å². The number of aliphatic imine (C=N–C) groups is 1. The lowest BCUT2D eigenvalue weighted by atomic mass is 9.92. The number of benzene rings is 2. The molecular formula is C29H38N2O. The van der Waals surface area contributed by atoms with Crippen LogP contribution in [-0.2, 0) is 4.79 Å². The number of carbonyl (C=O) groups is 1. The van der Waals surface area contributed by atoms with Gasteiger partial charge in [-0.15, -0.1) is 0 Å². The topological polar surface area (TPSA) is 32.7 Å². The maximum atomic E-state index is 13.2. The molecule has 0 N–H and O–H groups in total. The van der Waals surface area contributed by atoms with Gasteiger partial charge in [0.25, 0.3) is 0 Å². The summed E-state index contributed by atoms with van der Waals surface area (Å²) in [6.45, 7) is 19.0. The molecule has 0 heterocycles. The highest BCUT2D eigenvalue weighted by atomic mass is 16.2. The average Bonchev–Trinajstić information content (AvgIpc) is 2.73. The van der Waals surface area contributed by atoms with Crippen LogP contribution in [-0.4, -0.2) is 12.2 Å². The quantitative estimate of drug-likeness (QED) is 0.250. The first-order valence-corrected chi connectivity index (χ1v) is 11.7. The van der Waals surface area contributed by atoms with Crippen molar-refractivity contribution in [2.75, 3.05) is 4.90 Å². The Morgan fingerprint density at radius 3 is 1.56 bits per heavy atom. The van der Waals surface area contributed by atoms with E-state index in [0.717, 1.165) is 22.5 Å². The predicted octanol–water partition coefficient (Wildman–Crippen LogP) is 7.90. The lowest BCUT2D eigenvalue weighted by Gasteiger charge is -2.26. The van der Waals surface area contributed by atoms with E-state index in [1.807, 2.05) is 0 Å². The minimum Gasteiger partial charge on any atom is -0.260 e. The second kappa shape index (κ2) is 11.1. The second-order valence-corrected chi connectivity index (χ2v) is 9.48. The monoisotopic (exact) mass is 430 g/mol. The lowest BCUT2D eigenvalue weighted by Crippen LogP contribution is -2.30. The van der Waals surface area contributed by atoms with Crippen molar-refractivity contribution in [1.29, 1.82) is 0 Å². The summed E-state index contributed by atoms with van der Waals surface area (Å²) in [6, 6.07) is 12.6. The van der Waals surface area contributed by atoms with Crippen molar-refractivity contribution in [3.63, 3.8) is 0 Å². The number of hydrogen-bond donors (Lipinski definition) is 0. The number of anilines is 1. The zero-order valence-electron chi connectivity index (χ0n) is 21.2. The number of carbonyl (C=O) groups excluding carboxylic acids is 1. The lowest BCUT2D eigenvalue weighted by molar-refractivity contribution is -0.112. The normalized spacial score (nSPS) is 11.5. The molecule has 0 unspecified atom stereocenters. The van der Waals surface area contributed by atoms with E-state index in [-0.39, 0.29) is 17.7 Å². The Balaban J connectivity index is 2.79. The maximum Gasteiger partial charge on any atom is 0.308 e. The van der Waals surface area contributed by atoms with Crippen LogP contribution in [0.3, 0.4) is 0 Å². The Kier molecular flexibility index (Phi) is 8.84. The van der Waals surface area contributed by atoms with Crippen molar-refractivity contribution in [2.24, 2.45) is 4.99 Å². The van der Waals surface area contributed by atoms with Crippen LogP contribution in [0.15, 0.2) is 41.4 Å². The molecule has 0 saturated heterocycles. The van der Waals surface area contributed by atoms with Crippen molar-refractivity contribution < 1.29 is 4.79 Å². The molecule has 0 aliphatic heterocycles. The summed E-state index contributed by atoms with van der Waals surface area (Å²) in [4.78, 5) is 19.8. The first kappa shape index (κ1) is 25.4. The van der Waals surface area contributed by atoms with Crippen LogP contribution in [0.4, 0.5) is 11.4 Å². The summed E-state index contributed by atoms with van der Waals surface area (Å²) in [5, 5.41) is 0. The molecule has 0 atom stereocenters. The Bertz CT molecular complexity index is 980. The molecular weight excluding hydrogens is 392 g/mol. The number of nitrogens with zero attached hydrogens (tertiary/aromatic N) is 2. The molecule has 3 nitrogen and oxygen atoms in total. The SMILES string of the molecule is CC#CC(=O)N(C=Nc1c(C(C)C)cccc1C(C)C)c1c(C(C)C)cccc1C(C)C. The van der Waals surface area contributed by atoms with Gasteiger partial charge in [-0.3, -0.25) is 9.69 Å². The van der Waals surface area contributed by atoms with E-state index in [0.29, 0.717) is 11.8 Å². The third-order valence-corrected chi connectivity index (χ3v) is 5.68. The van der Waals surface area contributed by atoms with Gasteiger partial charge in [-0.2, -0.15) is 0 Å². The van der Waals surface area contributed by atoms with E-state index in [1.54, 1.807) is 18.2 Å². The smallest absolute Gasteiger partial charge is 0.260 e. The first-order valence-electron chi connectivity index (χ1n) is 11.7. The zero-order valence-corrected chi connectivity index (χ0v) is 21.2. The van der Waals surface area contributed by atoms with Gasteiger partial charge in [0.05, 0.1) is 11.4 Å². The number of hydrogen-bond acceptors (Lipinski definition) is 2. The fraction of sp³-hybridized carbons (Fsp3) is 0.448. The summed E-state index contributed by atoms with van der Waals surface area (Å²) in [7, 11) is 0. The molecule has 0 bridgehead atoms. The van der Waals surface area contributed by atoms with Gasteiger partial charge in [-0.25, -0.2) is 4.99 Å². The van der Waals surface area contributed by atoms with Gasteiger partial charge in [0.2, 0.25) is 0 Å². The summed E-state index contributed by atoms with van der Waals surface area (Å²) in [5.41, 5.74) is 6.46. The average molecular weight is 431 g/mol. The fourth-order valence-electron chi connectivity index (χ4n) is 3.95. The molecule has 2 rings (SSSR count). The Morgan fingerprint density at radius 2 is 1.19 bits per heavy atom. The van der Waals surface area contributed by atoms with Gasteiger partial charge >= 0.3 is 5.91 Å². The largest absolute Gasteiger partial charge is 0.308 e. The van der Waals surface area contributed by atoms with E-state index in [1.165, 1.54) is 11.1 Å². The molecule has 0 spiro atoms. The maximum absolute atomic E-state index is 13.2. The van der Waals surface area contributed by atoms with Crippen LogP contribution < -0.4 is 4.90 Å². The Hall–Kier alpha value is -2.86. The van der Waals surface area contributed by atoms with Crippen LogP contribution in [0.2, 0.25) is 0 Å². The van der Waals surface area contributed by atoms with E-state index >= 15 is 0 Å². The minimum absolute atomic E-state index is 0.260. The van der Waals surface area contributed by atoms with Crippen molar-refractivity contribution >= 4 is 23.6 Å². The highest BCUT2D eigenvalue weighted by molar-refractivity contribution is 6.17. The van der Waals surface area contributed by atoms with Crippen molar-refractivity contribution in [3.05, 3.63) is 58.7 Å². The predicted molar refractivity (Wildman–Crippen MR) is 138 cm³/mol. The summed E-state index contributed by atoms with van der Waals surface area (Å²) < 4.78 is 0. The molecule has 32 heavy (non-hydrogen) atoms. The summed E-state index contributed by atoms with van der Waals surface area (Å²) in [5.74, 6) is 6.42. The molecule has 0 radical (unpaired) electrons. The van der Waals surface area contributed by atoms with E-state index in [2.05, 4.69) is 104 Å². The highest BCUT2D eigenvalue weighted by Gasteiger charge is 2.23. The van der Waals surface area contributed by atoms with Crippen LogP contribution in [0.5, 0.6) is 0 Å². The molecule has 2 aromatic carbocycles. The van der Waals surface area contributed by atoms with Crippen LogP contribution in [0, 0.1) is 11.8 Å². The van der Waals surface area contributed by atoms with Crippen LogP contribution in [0.25, 0.3) is 0 Å². The Morgan fingerprint density at radius 1 is 0.781 bits per heavy atom. The summed E-state index contributed by atoms with van der Waals surface area (Å²) in [6.07, 6.45) is 1.69. The van der Waals surface area contributed by atoms with Crippen molar-refractivity contribution in [2.45, 2.75) is 86.0 Å². The molecule has 1 amide bonds. The molecule has 170 valence electrons. The molecule has 0 saturated carbocycles. The van der Waals surface area contributed by atoms with Gasteiger partial charge in [0.1, 0.15) is 6.34 Å². The second-order valence-electron chi connectivity index (χ2n) is 9.48. The van der Waals surface area contributed by atoms with Crippen LogP contribution in [0.1, 0.15) is 108 Å². The summed E-state index contributed by atoms with van der Waals surface area (Å²) >= 11 is 0. The van der Waals surface area contributed by atoms with E-state index in [9.17, 15) is 4.79 Å². The number of rotatable bonds is 7. The van der Waals surface area contributed by atoms with Crippen molar-refractivity contribution in [1.82, 2.24) is 0 Å². The van der Waals surface area contributed by atoms with Gasteiger partial charge in [-0.05, 0) is 58.8 Å². The first-order chi connectivity index (χ1) is 15.1. The van der Waals surface area contributed by atoms with Gasteiger partial charge < -0.3 is 0 Å². The zero-order chi connectivity index (χ0) is 24.0. The third-order valence-electron chi connectivity index (χ3n) is 5.68. The third kappa shape index (κ3) is 5.68. The van der Waals surface area contributed by atoms with Crippen LogP contribution >= 0.6 is 0 Å². The van der Waals surface area contributed by atoms with Gasteiger partial charge in [0.15, 0.2) is 0 Å². The molecule has 0 aliphatic carbocycles. The fourth-order valence-corrected chi connectivity index (χ4v) is 3.95. The molecule has 0 aliphatic rings.